The van der Waals surface area contributed by atoms with E-state index in [1.807, 2.05) is 41.3 Å². The molecule has 0 radical (unpaired) electrons. The van der Waals surface area contributed by atoms with Crippen molar-refractivity contribution < 1.29 is 14.3 Å². The first-order valence-corrected chi connectivity index (χ1v) is 9.01. The first-order chi connectivity index (χ1) is 12.7. The highest BCUT2D eigenvalue weighted by molar-refractivity contribution is 6.00. The van der Waals surface area contributed by atoms with Gasteiger partial charge < -0.3 is 15.0 Å². The van der Waals surface area contributed by atoms with Crippen LogP contribution in [0.4, 0.5) is 5.69 Å². The number of benzene rings is 2. The Balaban J connectivity index is 1.41. The molecule has 0 saturated heterocycles. The van der Waals surface area contributed by atoms with Gasteiger partial charge in [0.15, 0.2) is 0 Å². The molecule has 1 heterocycles. The van der Waals surface area contributed by atoms with Crippen LogP contribution >= 0.6 is 0 Å². The minimum absolute atomic E-state index is 0.101. The third kappa shape index (κ3) is 3.29. The molecule has 2 aromatic carbocycles. The Hall–Kier alpha value is -2.82. The highest BCUT2D eigenvalue weighted by Gasteiger charge is 2.36. The smallest absolute Gasteiger partial charge is 0.251 e. The van der Waals surface area contributed by atoms with E-state index in [4.69, 9.17) is 4.74 Å². The minimum atomic E-state index is -0.101. The number of hydrogen-bond donors (Lipinski definition) is 1. The van der Waals surface area contributed by atoms with Gasteiger partial charge in [-0.15, -0.1) is 0 Å². The van der Waals surface area contributed by atoms with E-state index in [-0.39, 0.29) is 17.7 Å². The van der Waals surface area contributed by atoms with Crippen molar-refractivity contribution in [2.24, 2.45) is 5.92 Å². The highest BCUT2D eigenvalue weighted by atomic mass is 16.5. The molecule has 1 aliphatic heterocycles. The molecule has 134 valence electrons. The molecule has 0 spiro atoms. The topological polar surface area (TPSA) is 58.6 Å². The van der Waals surface area contributed by atoms with Gasteiger partial charge in [-0.1, -0.05) is 12.1 Å². The molecule has 1 saturated carbocycles. The maximum atomic E-state index is 12.5. The van der Waals surface area contributed by atoms with Gasteiger partial charge in [0, 0.05) is 30.3 Å². The van der Waals surface area contributed by atoms with Crippen LogP contribution in [-0.2, 0) is 17.8 Å². The lowest BCUT2D eigenvalue weighted by molar-refractivity contribution is -0.119. The maximum absolute atomic E-state index is 12.5. The summed E-state index contributed by atoms with van der Waals surface area (Å²) in [6.07, 6.45) is 2.83. The van der Waals surface area contributed by atoms with Crippen molar-refractivity contribution in [3.8, 4) is 5.75 Å². The third-order valence-corrected chi connectivity index (χ3v) is 5.04. The molecule has 2 amide bonds. The molecule has 1 fully saturated rings. The van der Waals surface area contributed by atoms with Crippen LogP contribution in [0, 0.1) is 5.92 Å². The number of hydrogen-bond acceptors (Lipinski definition) is 3. The summed E-state index contributed by atoms with van der Waals surface area (Å²) in [7, 11) is 1.63. The summed E-state index contributed by atoms with van der Waals surface area (Å²) < 4.78 is 5.14. The average Bonchev–Trinajstić information content (AvgIpc) is 3.45. The summed E-state index contributed by atoms with van der Waals surface area (Å²) in [6, 6.07) is 13.3. The number of nitrogens with zero attached hydrogens (tertiary/aromatic N) is 1. The van der Waals surface area contributed by atoms with Gasteiger partial charge in [0.2, 0.25) is 5.91 Å². The average molecular weight is 350 g/mol. The van der Waals surface area contributed by atoms with Crippen molar-refractivity contribution in [2.75, 3.05) is 18.6 Å². The molecule has 2 aliphatic rings. The molecule has 0 aromatic heterocycles. The fraction of sp³-hybridized carbons (Fsp3) is 0.333. The van der Waals surface area contributed by atoms with Crippen molar-refractivity contribution in [2.45, 2.75) is 25.8 Å². The standard InChI is InChI=1S/C21H22N2O3/c1-26-18-7-2-14(3-8-18)13-22-20(24)17-6-9-19-16(12-17)10-11-23(19)21(25)15-4-5-15/h2-3,6-9,12,15H,4-5,10-11,13H2,1H3,(H,22,24). The van der Waals surface area contributed by atoms with Crippen molar-refractivity contribution in [3.63, 3.8) is 0 Å². The second kappa shape index (κ2) is 6.83. The summed E-state index contributed by atoms with van der Waals surface area (Å²) in [5, 5.41) is 2.95. The fourth-order valence-corrected chi connectivity index (χ4v) is 3.35. The Morgan fingerprint density at radius 1 is 1.15 bits per heavy atom. The monoisotopic (exact) mass is 350 g/mol. The molecular weight excluding hydrogens is 328 g/mol. The second-order valence-electron chi connectivity index (χ2n) is 6.89. The number of amides is 2. The van der Waals surface area contributed by atoms with Gasteiger partial charge in [0.25, 0.3) is 5.91 Å². The van der Waals surface area contributed by atoms with Crippen LogP contribution in [-0.4, -0.2) is 25.5 Å². The van der Waals surface area contributed by atoms with Crippen LogP contribution < -0.4 is 15.0 Å². The molecule has 0 atom stereocenters. The molecular formula is C21H22N2O3. The van der Waals surface area contributed by atoms with Gasteiger partial charge in [-0.25, -0.2) is 0 Å². The van der Waals surface area contributed by atoms with Gasteiger partial charge in [0.05, 0.1) is 7.11 Å². The van der Waals surface area contributed by atoms with E-state index >= 15 is 0 Å². The van der Waals surface area contributed by atoms with Crippen LogP contribution in [0.15, 0.2) is 42.5 Å². The first kappa shape index (κ1) is 16.6. The van der Waals surface area contributed by atoms with Crippen molar-refractivity contribution in [1.82, 2.24) is 5.32 Å². The summed E-state index contributed by atoms with van der Waals surface area (Å²) in [6.45, 7) is 1.19. The lowest BCUT2D eigenvalue weighted by atomic mass is 10.1. The first-order valence-electron chi connectivity index (χ1n) is 9.01. The SMILES string of the molecule is COc1ccc(CNC(=O)c2ccc3c(c2)CCN3C(=O)C2CC2)cc1. The van der Waals surface area contributed by atoms with Gasteiger partial charge in [-0.3, -0.25) is 9.59 Å². The van der Waals surface area contributed by atoms with Gasteiger partial charge >= 0.3 is 0 Å². The molecule has 5 heteroatoms. The Morgan fingerprint density at radius 2 is 1.92 bits per heavy atom. The zero-order valence-electron chi connectivity index (χ0n) is 14.8. The predicted molar refractivity (Wildman–Crippen MR) is 99.4 cm³/mol. The Bertz CT molecular complexity index is 841. The minimum Gasteiger partial charge on any atom is -0.497 e. The normalized spacial score (nSPS) is 15.5. The summed E-state index contributed by atoms with van der Waals surface area (Å²) >= 11 is 0. The maximum Gasteiger partial charge on any atom is 0.251 e. The second-order valence-corrected chi connectivity index (χ2v) is 6.89. The third-order valence-electron chi connectivity index (χ3n) is 5.04. The van der Waals surface area contributed by atoms with E-state index in [0.717, 1.165) is 48.4 Å². The number of rotatable bonds is 5. The van der Waals surface area contributed by atoms with E-state index in [9.17, 15) is 9.59 Å². The number of fused-ring (bicyclic) bond motifs is 1. The van der Waals surface area contributed by atoms with Gasteiger partial charge in [-0.05, 0) is 60.7 Å². The largest absolute Gasteiger partial charge is 0.497 e. The van der Waals surface area contributed by atoms with Crippen LogP contribution in [0.2, 0.25) is 0 Å². The van der Waals surface area contributed by atoms with Gasteiger partial charge in [-0.2, -0.15) is 0 Å². The lowest BCUT2D eigenvalue weighted by Gasteiger charge is -2.17. The number of ether oxygens (including phenoxy) is 1. The van der Waals surface area contributed by atoms with E-state index in [0.29, 0.717) is 12.1 Å². The molecule has 26 heavy (non-hydrogen) atoms. The lowest BCUT2D eigenvalue weighted by Crippen LogP contribution is -2.30. The van der Waals surface area contributed by atoms with Crippen molar-refractivity contribution >= 4 is 17.5 Å². The zero-order valence-corrected chi connectivity index (χ0v) is 14.8. The van der Waals surface area contributed by atoms with E-state index in [1.165, 1.54) is 0 Å². The van der Waals surface area contributed by atoms with Crippen molar-refractivity contribution in [3.05, 3.63) is 59.2 Å². The summed E-state index contributed by atoms with van der Waals surface area (Å²) in [5.41, 5.74) is 3.70. The Morgan fingerprint density at radius 3 is 2.62 bits per heavy atom. The number of methoxy groups -OCH3 is 1. The number of carbonyl (C=O) groups excluding carboxylic acids is 2. The van der Waals surface area contributed by atoms with E-state index < -0.39 is 0 Å². The van der Waals surface area contributed by atoms with E-state index in [2.05, 4.69) is 5.32 Å². The van der Waals surface area contributed by atoms with Crippen molar-refractivity contribution in [1.29, 1.82) is 0 Å². The summed E-state index contributed by atoms with van der Waals surface area (Å²) in [4.78, 5) is 26.7. The predicted octanol–water partition coefficient (Wildman–Crippen LogP) is 2.92. The molecule has 4 rings (SSSR count). The Labute approximate surface area is 153 Å². The molecule has 0 unspecified atom stereocenters. The van der Waals surface area contributed by atoms with Crippen LogP contribution in [0.3, 0.4) is 0 Å². The molecule has 0 bridgehead atoms. The number of anilines is 1. The molecule has 1 aliphatic carbocycles. The van der Waals surface area contributed by atoms with Crippen LogP contribution in [0.25, 0.3) is 0 Å². The molecule has 5 nitrogen and oxygen atoms in total. The number of carbonyl (C=O) groups is 2. The van der Waals surface area contributed by atoms with Gasteiger partial charge in [0.1, 0.15) is 5.75 Å². The quantitative estimate of drug-likeness (QED) is 0.902. The van der Waals surface area contributed by atoms with E-state index in [1.54, 1.807) is 13.2 Å². The summed E-state index contributed by atoms with van der Waals surface area (Å²) in [5.74, 6) is 1.15. The Kier molecular flexibility index (Phi) is 4.37. The number of nitrogens with one attached hydrogen (secondary N) is 1. The molecule has 2 aromatic rings. The zero-order chi connectivity index (χ0) is 18.1. The fourth-order valence-electron chi connectivity index (χ4n) is 3.35. The van der Waals surface area contributed by atoms with Crippen LogP contribution in [0.5, 0.6) is 5.75 Å². The van der Waals surface area contributed by atoms with Crippen LogP contribution in [0.1, 0.15) is 34.3 Å². The highest BCUT2D eigenvalue weighted by Crippen LogP contribution is 2.36. The molecule has 1 N–H and O–H groups in total.